The van der Waals surface area contributed by atoms with E-state index in [1.54, 1.807) is 0 Å². The summed E-state index contributed by atoms with van der Waals surface area (Å²) in [5, 5.41) is 1.13. The molecule has 1 aromatic carbocycles. The number of thiocarbonyl (C=S) groups is 1. The number of hydrogen-bond donors (Lipinski definition) is 0. The average Bonchev–Trinajstić information content (AvgIpc) is 2.61. The zero-order valence-corrected chi connectivity index (χ0v) is 8.85. The maximum atomic E-state index is 10.3. The van der Waals surface area contributed by atoms with E-state index < -0.39 is 0 Å². The van der Waals surface area contributed by atoms with Gasteiger partial charge in [-0.15, -0.1) is 0 Å². The lowest BCUT2D eigenvalue weighted by atomic mass is 10.2. The van der Waals surface area contributed by atoms with E-state index in [0.29, 0.717) is 4.32 Å². The highest BCUT2D eigenvalue weighted by molar-refractivity contribution is 8.31. The maximum Gasteiger partial charge on any atom is 0.183 e. The molecule has 2 rings (SSSR count). The summed E-state index contributed by atoms with van der Waals surface area (Å²) in [7, 11) is 0. The van der Waals surface area contributed by atoms with Gasteiger partial charge in [0.15, 0.2) is 9.94 Å². The second-order valence-corrected chi connectivity index (χ2v) is 4.18. The van der Waals surface area contributed by atoms with Crippen LogP contribution in [0.3, 0.4) is 0 Å². The predicted molar refractivity (Wildman–Crippen MR) is 64.3 cm³/mol. The van der Waals surface area contributed by atoms with E-state index >= 15 is 0 Å². The number of benzene rings is 1. The van der Waals surface area contributed by atoms with Crippen LogP contribution in [0.25, 0.3) is 10.9 Å². The molecule has 0 spiro atoms. The van der Waals surface area contributed by atoms with Crippen molar-refractivity contribution in [2.24, 2.45) is 0 Å². The third kappa shape index (κ3) is 1.58. The first-order valence-corrected chi connectivity index (χ1v) is 5.32. The summed E-state index contributed by atoms with van der Waals surface area (Å²) in [6, 6.07) is 9.90. The summed E-state index contributed by atoms with van der Waals surface area (Å²) in [5.74, 6) is 0. The Morgan fingerprint density at radius 1 is 1.36 bits per heavy atom. The lowest BCUT2D eigenvalue weighted by molar-refractivity contribution is 0.570. The van der Waals surface area contributed by atoms with Crippen LogP contribution in [-0.2, 0) is 4.79 Å². The average molecular weight is 221 g/mol. The zero-order valence-electron chi connectivity index (χ0n) is 7.21. The normalized spacial score (nSPS) is 10.3. The highest BCUT2D eigenvalue weighted by Gasteiger charge is 2.04. The maximum absolute atomic E-state index is 10.3. The van der Waals surface area contributed by atoms with E-state index in [9.17, 15) is 4.79 Å². The Morgan fingerprint density at radius 2 is 2.14 bits per heavy atom. The summed E-state index contributed by atoms with van der Waals surface area (Å²) in [6.45, 7) is 0. The fourth-order valence-electron chi connectivity index (χ4n) is 1.34. The van der Waals surface area contributed by atoms with E-state index in [-0.39, 0.29) is 0 Å². The van der Waals surface area contributed by atoms with Crippen molar-refractivity contribution >= 4 is 44.8 Å². The fraction of sp³-hybridized carbons (Fsp3) is 0. The zero-order chi connectivity index (χ0) is 9.97. The number of aromatic nitrogens is 1. The minimum absolute atomic E-state index is 0.557. The van der Waals surface area contributed by atoms with Crippen molar-refractivity contribution in [2.45, 2.75) is 0 Å². The Hall–Kier alpha value is -1.13. The Kier molecular flexibility index (Phi) is 2.65. The molecule has 0 aliphatic carbocycles. The molecule has 0 unspecified atom stereocenters. The van der Waals surface area contributed by atoms with Gasteiger partial charge in [-0.05, 0) is 29.3 Å². The first kappa shape index (κ1) is 9.43. The molecule has 0 amide bonds. The van der Waals surface area contributed by atoms with E-state index in [0.717, 1.165) is 28.3 Å². The summed E-state index contributed by atoms with van der Waals surface area (Å²) in [6.07, 6.45) is 1.88. The van der Waals surface area contributed by atoms with Crippen LogP contribution in [-0.4, -0.2) is 14.5 Å². The molecule has 0 aliphatic heterocycles. The van der Waals surface area contributed by atoms with Crippen LogP contribution in [0.4, 0.5) is 0 Å². The van der Waals surface area contributed by atoms with E-state index in [1.807, 2.05) is 41.1 Å². The molecular weight excluding hydrogens is 214 g/mol. The molecule has 0 fully saturated rings. The smallest absolute Gasteiger partial charge is 0.183 e. The Balaban J connectivity index is 2.52. The molecule has 0 N–H and O–H groups in total. The molecule has 0 radical (unpaired) electrons. The van der Waals surface area contributed by atoms with Crippen molar-refractivity contribution in [1.82, 2.24) is 4.57 Å². The van der Waals surface area contributed by atoms with Gasteiger partial charge < -0.3 is 4.57 Å². The van der Waals surface area contributed by atoms with Gasteiger partial charge in [0, 0.05) is 6.20 Å². The molecule has 0 atom stereocenters. The molecule has 1 aromatic heterocycles. The third-order valence-electron chi connectivity index (χ3n) is 1.95. The van der Waals surface area contributed by atoms with Crippen molar-refractivity contribution in [3.05, 3.63) is 36.5 Å². The molecule has 0 saturated heterocycles. The summed E-state index contributed by atoms with van der Waals surface area (Å²) in [4.78, 5) is 10.3. The van der Waals surface area contributed by atoms with Crippen LogP contribution in [0.2, 0.25) is 0 Å². The van der Waals surface area contributed by atoms with Crippen LogP contribution in [0.15, 0.2) is 36.5 Å². The standard InChI is InChI=1S/C10H7NOS2/c12-7-14-10(13)11-6-5-8-3-1-2-4-9(8)11/h1-7H. The minimum atomic E-state index is 0.557. The largest absolute Gasteiger partial charge is 0.302 e. The second kappa shape index (κ2) is 3.94. The highest BCUT2D eigenvalue weighted by Crippen LogP contribution is 2.17. The lowest BCUT2D eigenvalue weighted by Crippen LogP contribution is -2.02. The van der Waals surface area contributed by atoms with Crippen molar-refractivity contribution < 1.29 is 4.79 Å². The van der Waals surface area contributed by atoms with Gasteiger partial charge in [-0.2, -0.15) is 0 Å². The van der Waals surface area contributed by atoms with Gasteiger partial charge in [0.05, 0.1) is 5.52 Å². The molecule has 70 valence electrons. The number of para-hydroxylation sites is 1. The molecule has 0 aliphatic rings. The molecule has 0 bridgehead atoms. The van der Waals surface area contributed by atoms with E-state index in [4.69, 9.17) is 12.2 Å². The Morgan fingerprint density at radius 3 is 2.93 bits per heavy atom. The van der Waals surface area contributed by atoms with E-state index in [2.05, 4.69) is 0 Å². The monoisotopic (exact) mass is 221 g/mol. The molecule has 2 nitrogen and oxygen atoms in total. The summed E-state index contributed by atoms with van der Waals surface area (Å²) in [5.41, 5.74) is 1.78. The van der Waals surface area contributed by atoms with Crippen LogP contribution >= 0.6 is 24.0 Å². The molecule has 0 saturated carbocycles. The number of nitrogens with zero attached hydrogens (tertiary/aromatic N) is 1. The van der Waals surface area contributed by atoms with Crippen molar-refractivity contribution in [2.75, 3.05) is 0 Å². The quantitative estimate of drug-likeness (QED) is 0.546. The molecule has 14 heavy (non-hydrogen) atoms. The SMILES string of the molecule is O=CSC(=S)n1ccc2ccccc21. The van der Waals surface area contributed by atoms with Crippen LogP contribution < -0.4 is 0 Å². The van der Waals surface area contributed by atoms with Crippen molar-refractivity contribution in [3.8, 4) is 0 Å². The van der Waals surface area contributed by atoms with Gasteiger partial charge in [0.2, 0.25) is 0 Å². The van der Waals surface area contributed by atoms with Gasteiger partial charge in [-0.1, -0.05) is 30.4 Å². The number of thioether (sulfide) groups is 1. The van der Waals surface area contributed by atoms with Crippen LogP contribution in [0.5, 0.6) is 0 Å². The van der Waals surface area contributed by atoms with Gasteiger partial charge in [-0.25, -0.2) is 0 Å². The topological polar surface area (TPSA) is 22.0 Å². The highest BCUT2D eigenvalue weighted by atomic mass is 32.2. The lowest BCUT2D eigenvalue weighted by Gasteiger charge is -2.01. The number of carbonyl (C=O) groups is 1. The van der Waals surface area contributed by atoms with Gasteiger partial charge in [0.25, 0.3) is 0 Å². The molecule has 4 heteroatoms. The summed E-state index contributed by atoms with van der Waals surface area (Å²) < 4.78 is 2.39. The fourth-order valence-corrected chi connectivity index (χ4v) is 1.97. The van der Waals surface area contributed by atoms with Crippen LogP contribution in [0, 0.1) is 0 Å². The number of rotatable bonds is 1. The first-order valence-electron chi connectivity index (χ1n) is 4.03. The summed E-state index contributed by atoms with van der Waals surface area (Å²) >= 11 is 6.11. The van der Waals surface area contributed by atoms with Crippen molar-refractivity contribution in [1.29, 1.82) is 0 Å². The predicted octanol–water partition coefficient (Wildman–Crippen LogP) is 2.70. The number of carbonyl (C=O) groups excluding carboxylic acids is 1. The number of hydrogen-bond acceptors (Lipinski definition) is 3. The number of fused-ring (bicyclic) bond motifs is 1. The third-order valence-corrected chi connectivity index (χ3v) is 2.93. The molecular formula is C10H7NOS2. The Bertz CT molecular complexity index is 490. The molecule has 2 aromatic rings. The van der Waals surface area contributed by atoms with Gasteiger partial charge in [0.1, 0.15) is 0 Å². The van der Waals surface area contributed by atoms with Gasteiger partial charge in [-0.3, -0.25) is 4.79 Å². The van der Waals surface area contributed by atoms with Crippen LogP contribution in [0.1, 0.15) is 0 Å². The minimum Gasteiger partial charge on any atom is -0.302 e. The van der Waals surface area contributed by atoms with E-state index in [1.165, 1.54) is 0 Å². The van der Waals surface area contributed by atoms with Gasteiger partial charge >= 0.3 is 0 Å². The second-order valence-electron chi connectivity index (χ2n) is 2.72. The Labute approximate surface area is 90.9 Å². The van der Waals surface area contributed by atoms with Crippen molar-refractivity contribution in [3.63, 3.8) is 0 Å². The molecule has 1 heterocycles. The first-order chi connectivity index (χ1) is 6.83.